The maximum atomic E-state index is 5.99. The average Bonchev–Trinajstić information content (AvgIpc) is 2.86. The molecule has 2 N–H and O–H groups in total. The first-order chi connectivity index (χ1) is 7.70. The summed E-state index contributed by atoms with van der Waals surface area (Å²) in [6, 6.07) is 3.21. The number of halogens is 1. The molecule has 0 amide bonds. The molecule has 16 heavy (non-hydrogen) atoms. The number of aromatic nitrogens is 3. The molecule has 86 valence electrons. The monoisotopic (exact) mass is 240 g/mol. The van der Waals surface area contributed by atoms with Gasteiger partial charge in [-0.15, -0.1) is 0 Å². The third-order valence-electron chi connectivity index (χ3n) is 2.36. The van der Waals surface area contributed by atoms with Crippen molar-refractivity contribution in [3.63, 3.8) is 0 Å². The zero-order valence-corrected chi connectivity index (χ0v) is 9.68. The van der Waals surface area contributed by atoms with Crippen molar-refractivity contribution in [2.45, 2.75) is 25.9 Å². The summed E-state index contributed by atoms with van der Waals surface area (Å²) < 4.78 is 7.06. The van der Waals surface area contributed by atoms with Crippen molar-refractivity contribution in [2.75, 3.05) is 0 Å². The van der Waals surface area contributed by atoms with Crippen LogP contribution in [0.4, 0.5) is 0 Å². The molecule has 0 saturated carbocycles. The van der Waals surface area contributed by atoms with Crippen LogP contribution in [0.25, 0.3) is 0 Å². The molecule has 5 nitrogen and oxygen atoms in total. The molecule has 2 rings (SSSR count). The Hall–Kier alpha value is -1.33. The van der Waals surface area contributed by atoms with E-state index < -0.39 is 0 Å². The standard InChI is InChI=1S/C10H13ClN4O/c1-2-15-10(13-6-14-15)5-7(12)8-3-4-9(11)16-8/h3-4,6-7H,2,5,12H2,1H3. The van der Waals surface area contributed by atoms with Crippen LogP contribution in [0.1, 0.15) is 24.6 Å². The minimum Gasteiger partial charge on any atom is -0.448 e. The highest BCUT2D eigenvalue weighted by Crippen LogP contribution is 2.20. The number of hydrogen-bond donors (Lipinski definition) is 1. The number of nitrogens with zero attached hydrogens (tertiary/aromatic N) is 3. The molecule has 0 radical (unpaired) electrons. The van der Waals surface area contributed by atoms with Gasteiger partial charge in [0.05, 0.1) is 6.04 Å². The Balaban J connectivity index is 2.10. The molecule has 0 spiro atoms. The molecule has 0 bridgehead atoms. The summed E-state index contributed by atoms with van der Waals surface area (Å²) in [6.07, 6.45) is 2.11. The molecular formula is C10H13ClN4O. The molecule has 0 fully saturated rings. The molecule has 0 aromatic carbocycles. The Morgan fingerprint density at radius 3 is 3.00 bits per heavy atom. The minimum absolute atomic E-state index is 0.248. The van der Waals surface area contributed by atoms with E-state index in [9.17, 15) is 0 Å². The van der Waals surface area contributed by atoms with Crippen LogP contribution < -0.4 is 5.73 Å². The van der Waals surface area contributed by atoms with E-state index in [0.29, 0.717) is 17.4 Å². The fourth-order valence-electron chi connectivity index (χ4n) is 1.54. The first-order valence-corrected chi connectivity index (χ1v) is 5.46. The van der Waals surface area contributed by atoms with Gasteiger partial charge in [0, 0.05) is 13.0 Å². The number of rotatable bonds is 4. The third kappa shape index (κ3) is 2.25. The molecule has 1 unspecified atom stereocenters. The lowest BCUT2D eigenvalue weighted by Gasteiger charge is -2.08. The Kier molecular flexibility index (Phi) is 3.26. The maximum absolute atomic E-state index is 5.99. The van der Waals surface area contributed by atoms with Crippen LogP contribution in [0.15, 0.2) is 22.9 Å². The van der Waals surface area contributed by atoms with Gasteiger partial charge in [-0.3, -0.25) is 4.68 Å². The number of aryl methyl sites for hydroxylation is 1. The number of furan rings is 1. The van der Waals surface area contributed by atoms with E-state index in [1.807, 2.05) is 11.6 Å². The van der Waals surface area contributed by atoms with Crippen LogP contribution in [0.2, 0.25) is 5.22 Å². The Labute approximate surface area is 98.2 Å². The second kappa shape index (κ2) is 4.67. The molecule has 6 heteroatoms. The highest BCUT2D eigenvalue weighted by atomic mass is 35.5. The molecule has 0 aliphatic heterocycles. The van der Waals surface area contributed by atoms with Crippen LogP contribution in [0, 0.1) is 0 Å². The van der Waals surface area contributed by atoms with E-state index >= 15 is 0 Å². The Morgan fingerprint density at radius 2 is 2.38 bits per heavy atom. The van der Waals surface area contributed by atoms with Crippen LogP contribution in [0.5, 0.6) is 0 Å². The predicted octanol–water partition coefficient (Wildman–Crippen LogP) is 1.79. The minimum atomic E-state index is -0.248. The highest BCUT2D eigenvalue weighted by molar-refractivity contribution is 6.28. The molecule has 2 aromatic rings. The first-order valence-electron chi connectivity index (χ1n) is 5.08. The zero-order valence-electron chi connectivity index (χ0n) is 8.93. The first kappa shape index (κ1) is 11.2. The van der Waals surface area contributed by atoms with Gasteiger partial charge in [0.1, 0.15) is 17.9 Å². The van der Waals surface area contributed by atoms with E-state index in [-0.39, 0.29) is 6.04 Å². The molecule has 0 saturated heterocycles. The highest BCUT2D eigenvalue weighted by Gasteiger charge is 2.14. The van der Waals surface area contributed by atoms with Gasteiger partial charge in [-0.05, 0) is 30.7 Å². The van der Waals surface area contributed by atoms with Gasteiger partial charge in [0.15, 0.2) is 5.22 Å². The zero-order chi connectivity index (χ0) is 11.5. The van der Waals surface area contributed by atoms with E-state index in [1.165, 1.54) is 6.33 Å². The van der Waals surface area contributed by atoms with Gasteiger partial charge in [-0.1, -0.05) is 0 Å². The quantitative estimate of drug-likeness (QED) is 0.885. The molecule has 2 aromatic heterocycles. The lowest BCUT2D eigenvalue weighted by Crippen LogP contribution is -2.16. The van der Waals surface area contributed by atoms with Gasteiger partial charge in [-0.25, -0.2) is 4.98 Å². The van der Waals surface area contributed by atoms with E-state index in [4.69, 9.17) is 21.8 Å². The summed E-state index contributed by atoms with van der Waals surface area (Å²) in [7, 11) is 0. The molecular weight excluding hydrogens is 228 g/mol. The Morgan fingerprint density at radius 1 is 1.56 bits per heavy atom. The van der Waals surface area contributed by atoms with Crippen molar-refractivity contribution in [3.05, 3.63) is 35.3 Å². The lowest BCUT2D eigenvalue weighted by molar-refractivity contribution is 0.455. The van der Waals surface area contributed by atoms with Gasteiger partial charge in [0.2, 0.25) is 0 Å². The van der Waals surface area contributed by atoms with Gasteiger partial charge >= 0.3 is 0 Å². The van der Waals surface area contributed by atoms with Crippen molar-refractivity contribution < 1.29 is 4.42 Å². The fraction of sp³-hybridized carbons (Fsp3) is 0.400. The third-order valence-corrected chi connectivity index (χ3v) is 2.56. The van der Waals surface area contributed by atoms with Crippen LogP contribution in [-0.4, -0.2) is 14.8 Å². The topological polar surface area (TPSA) is 69.9 Å². The smallest absolute Gasteiger partial charge is 0.193 e. The molecule has 1 atom stereocenters. The van der Waals surface area contributed by atoms with Crippen LogP contribution in [-0.2, 0) is 13.0 Å². The lowest BCUT2D eigenvalue weighted by atomic mass is 10.1. The summed E-state index contributed by atoms with van der Waals surface area (Å²) in [5.41, 5.74) is 5.99. The maximum Gasteiger partial charge on any atom is 0.193 e. The second-order valence-electron chi connectivity index (χ2n) is 3.44. The van der Waals surface area contributed by atoms with E-state index in [1.54, 1.807) is 12.1 Å². The predicted molar refractivity (Wildman–Crippen MR) is 60.0 cm³/mol. The summed E-state index contributed by atoms with van der Waals surface area (Å²) in [6.45, 7) is 2.79. The summed E-state index contributed by atoms with van der Waals surface area (Å²) in [5.74, 6) is 1.51. The van der Waals surface area contributed by atoms with Crippen LogP contribution >= 0.6 is 11.6 Å². The molecule has 0 aliphatic carbocycles. The SMILES string of the molecule is CCn1ncnc1CC(N)c1ccc(Cl)o1. The Bertz CT molecular complexity index is 465. The molecule has 0 aliphatic rings. The normalized spacial score (nSPS) is 12.9. The largest absolute Gasteiger partial charge is 0.448 e. The van der Waals surface area contributed by atoms with Crippen molar-refractivity contribution in [1.82, 2.24) is 14.8 Å². The summed E-state index contributed by atoms with van der Waals surface area (Å²) in [5, 5.41) is 4.43. The second-order valence-corrected chi connectivity index (χ2v) is 3.82. The van der Waals surface area contributed by atoms with E-state index in [2.05, 4.69) is 10.1 Å². The van der Waals surface area contributed by atoms with Crippen molar-refractivity contribution >= 4 is 11.6 Å². The van der Waals surface area contributed by atoms with Crippen molar-refractivity contribution in [2.24, 2.45) is 5.73 Å². The van der Waals surface area contributed by atoms with E-state index in [0.717, 1.165) is 12.4 Å². The van der Waals surface area contributed by atoms with Gasteiger partial charge < -0.3 is 10.2 Å². The summed E-state index contributed by atoms with van der Waals surface area (Å²) in [4.78, 5) is 4.16. The van der Waals surface area contributed by atoms with Crippen LogP contribution in [0.3, 0.4) is 0 Å². The van der Waals surface area contributed by atoms with Gasteiger partial charge in [0.25, 0.3) is 0 Å². The average molecular weight is 241 g/mol. The summed E-state index contributed by atoms with van der Waals surface area (Å²) >= 11 is 5.69. The number of hydrogen-bond acceptors (Lipinski definition) is 4. The number of nitrogens with two attached hydrogens (primary N) is 1. The van der Waals surface area contributed by atoms with Crippen molar-refractivity contribution in [1.29, 1.82) is 0 Å². The van der Waals surface area contributed by atoms with Crippen molar-refractivity contribution in [3.8, 4) is 0 Å². The van der Waals surface area contributed by atoms with Gasteiger partial charge in [-0.2, -0.15) is 5.10 Å². The molecule has 2 heterocycles. The fourth-order valence-corrected chi connectivity index (χ4v) is 1.69.